The quantitative estimate of drug-likeness (QED) is 0.279. The molecule has 204 valence electrons. The van der Waals surface area contributed by atoms with Crippen LogP contribution in [0, 0.1) is 0 Å². The Morgan fingerprint density at radius 3 is 2.39 bits per heavy atom. The van der Waals surface area contributed by atoms with Gasteiger partial charge in [-0.3, -0.25) is 0 Å². The van der Waals surface area contributed by atoms with E-state index in [0.29, 0.717) is 25.5 Å². The lowest BCUT2D eigenvalue weighted by atomic mass is 10.0. The molecule has 2 N–H and O–H groups in total. The van der Waals surface area contributed by atoms with E-state index >= 15 is 0 Å². The van der Waals surface area contributed by atoms with E-state index in [-0.39, 0.29) is 11.2 Å². The van der Waals surface area contributed by atoms with Crippen molar-refractivity contribution in [2.24, 2.45) is 0 Å². The number of rotatable bonds is 12. The van der Waals surface area contributed by atoms with E-state index in [9.17, 15) is 13.2 Å². The van der Waals surface area contributed by atoms with Gasteiger partial charge in [0.1, 0.15) is 18.3 Å². The summed E-state index contributed by atoms with van der Waals surface area (Å²) in [5.41, 5.74) is -0.303. The van der Waals surface area contributed by atoms with Crippen LogP contribution in [0.15, 0.2) is 24.3 Å². The van der Waals surface area contributed by atoms with E-state index in [0.717, 1.165) is 37.8 Å². The summed E-state index contributed by atoms with van der Waals surface area (Å²) in [5.74, 6) is -0.834. The summed E-state index contributed by atoms with van der Waals surface area (Å²) >= 11 is 5.50. The van der Waals surface area contributed by atoms with Crippen molar-refractivity contribution >= 4 is 23.0 Å². The predicted molar refractivity (Wildman–Crippen MR) is 134 cm³/mol. The first kappa shape index (κ1) is 29.1. The number of ether oxygens (including phenoxy) is 5. The second kappa shape index (κ2) is 12.8. The fraction of sp³-hybridized carbons (Fsp3) is 0.720. The summed E-state index contributed by atoms with van der Waals surface area (Å²) in [5, 5.41) is 6.41. The molecule has 11 heteroatoms. The number of benzene rings is 1. The van der Waals surface area contributed by atoms with Gasteiger partial charge in [0, 0.05) is 18.9 Å². The van der Waals surface area contributed by atoms with Crippen LogP contribution >= 0.6 is 12.2 Å². The maximum absolute atomic E-state index is 12.9. The fourth-order valence-corrected chi connectivity index (χ4v) is 4.39. The maximum atomic E-state index is 12.9. The Morgan fingerprint density at radius 2 is 1.75 bits per heavy atom. The zero-order chi connectivity index (χ0) is 26.3. The average Bonchev–Trinajstić information content (AvgIpc) is 3.27. The second-order valence-corrected chi connectivity index (χ2v) is 9.87. The Balaban J connectivity index is 1.72. The van der Waals surface area contributed by atoms with Crippen molar-refractivity contribution in [3.63, 3.8) is 0 Å². The van der Waals surface area contributed by atoms with E-state index in [1.165, 1.54) is 12.1 Å². The van der Waals surface area contributed by atoms with Crippen LogP contribution < -0.4 is 10.6 Å². The molecule has 1 aromatic rings. The highest BCUT2D eigenvalue weighted by Gasteiger charge is 2.57. The normalized spacial score (nSPS) is 26.0. The van der Waals surface area contributed by atoms with E-state index < -0.39 is 42.1 Å². The largest absolute Gasteiger partial charge is 0.416 e. The van der Waals surface area contributed by atoms with Crippen LogP contribution in [0.2, 0.25) is 0 Å². The molecule has 2 fully saturated rings. The maximum Gasteiger partial charge on any atom is 0.416 e. The number of thiocarbonyl (C=S) groups is 1. The van der Waals surface area contributed by atoms with Crippen molar-refractivity contribution in [2.45, 2.75) is 96.0 Å². The van der Waals surface area contributed by atoms with Crippen molar-refractivity contribution in [2.75, 3.05) is 25.1 Å². The molecule has 0 saturated carbocycles. The molecular formula is C25H37F3N2O5S. The summed E-state index contributed by atoms with van der Waals surface area (Å²) in [6, 6.07) is 4.24. The minimum absolute atomic E-state index is 0.224. The van der Waals surface area contributed by atoms with Crippen LogP contribution in [0.5, 0.6) is 0 Å². The number of anilines is 1. The van der Waals surface area contributed by atoms with Gasteiger partial charge < -0.3 is 34.3 Å². The van der Waals surface area contributed by atoms with Crippen LogP contribution in [0.3, 0.4) is 0 Å². The van der Waals surface area contributed by atoms with E-state index in [4.69, 9.17) is 35.9 Å². The first-order valence-electron chi connectivity index (χ1n) is 12.5. The molecule has 2 saturated heterocycles. The Kier molecular flexibility index (Phi) is 10.4. The zero-order valence-corrected chi connectivity index (χ0v) is 22.0. The molecule has 0 bridgehead atoms. The summed E-state index contributed by atoms with van der Waals surface area (Å²) in [4.78, 5) is 0. The highest BCUT2D eigenvalue weighted by Crippen LogP contribution is 2.39. The van der Waals surface area contributed by atoms with Crippen LogP contribution in [0.25, 0.3) is 0 Å². The molecule has 5 atom stereocenters. The number of fused-ring (bicyclic) bond motifs is 1. The molecule has 0 spiro atoms. The van der Waals surface area contributed by atoms with Crippen LogP contribution in [0.1, 0.15) is 58.9 Å². The Morgan fingerprint density at radius 1 is 1.08 bits per heavy atom. The van der Waals surface area contributed by atoms with Gasteiger partial charge in [0.25, 0.3) is 0 Å². The summed E-state index contributed by atoms with van der Waals surface area (Å²) in [6.07, 6.45) is -2.50. The lowest BCUT2D eigenvalue weighted by molar-refractivity contribution is -0.222. The van der Waals surface area contributed by atoms with E-state index in [1.807, 2.05) is 13.8 Å². The highest BCUT2D eigenvalue weighted by molar-refractivity contribution is 7.80. The van der Waals surface area contributed by atoms with Crippen molar-refractivity contribution in [3.05, 3.63) is 29.8 Å². The lowest BCUT2D eigenvalue weighted by Crippen LogP contribution is -2.54. The molecule has 0 amide bonds. The van der Waals surface area contributed by atoms with Crippen molar-refractivity contribution in [3.8, 4) is 0 Å². The van der Waals surface area contributed by atoms with Gasteiger partial charge in [-0.05, 0) is 63.2 Å². The zero-order valence-electron chi connectivity index (χ0n) is 21.2. The average molecular weight is 535 g/mol. The number of hydrogen-bond donors (Lipinski definition) is 2. The second-order valence-electron chi connectivity index (χ2n) is 9.46. The number of alkyl halides is 3. The predicted octanol–water partition coefficient (Wildman–Crippen LogP) is 5.24. The molecule has 7 nitrogen and oxygen atoms in total. The van der Waals surface area contributed by atoms with E-state index in [2.05, 4.69) is 24.5 Å². The van der Waals surface area contributed by atoms with Gasteiger partial charge >= 0.3 is 6.18 Å². The molecule has 3 rings (SSSR count). The first-order valence-corrected chi connectivity index (χ1v) is 12.9. The van der Waals surface area contributed by atoms with Gasteiger partial charge in [-0.25, -0.2) is 0 Å². The van der Waals surface area contributed by atoms with Crippen molar-refractivity contribution < 1.29 is 36.9 Å². The van der Waals surface area contributed by atoms with Crippen LogP contribution in [-0.4, -0.2) is 61.4 Å². The monoisotopic (exact) mass is 534 g/mol. The molecule has 36 heavy (non-hydrogen) atoms. The topological polar surface area (TPSA) is 70.2 Å². The fourth-order valence-electron chi connectivity index (χ4n) is 4.14. The Bertz CT molecular complexity index is 840. The smallest absolute Gasteiger partial charge is 0.379 e. The van der Waals surface area contributed by atoms with Crippen molar-refractivity contribution in [1.29, 1.82) is 0 Å². The standard InChI is InChI=1S/C25H37F3N2O5S/c1-5-7-13-31-15-18(32-14-8-6-2)20-19(21-22(33-20)35-24(3,4)34-21)30-23(36)29-17-11-9-16(10-12-17)25(26,27)28/h9-12,18-22H,5-8,13-15H2,1-4H3,(H2,29,30,36)/t18-,19+,20-,21-,22-/m1/s1. The third-order valence-electron chi connectivity index (χ3n) is 5.98. The SMILES string of the molecule is CCCCOC[C@@H](OCCCC)[C@H]1O[C@@H]2OC(C)(C)O[C@@H]2[C@H]1NC(=S)Nc1ccc(C(F)(F)F)cc1. The molecule has 1 aromatic carbocycles. The molecule has 2 aliphatic heterocycles. The van der Waals surface area contributed by atoms with Crippen LogP contribution in [-0.2, 0) is 29.9 Å². The molecule has 2 aliphatic rings. The first-order chi connectivity index (χ1) is 17.0. The van der Waals surface area contributed by atoms with Gasteiger partial charge in [-0.2, -0.15) is 13.2 Å². The minimum Gasteiger partial charge on any atom is -0.379 e. The Labute approximate surface area is 216 Å². The van der Waals surface area contributed by atoms with Gasteiger partial charge in [-0.1, -0.05) is 26.7 Å². The lowest BCUT2D eigenvalue weighted by Gasteiger charge is -2.32. The van der Waals surface area contributed by atoms with Gasteiger partial charge in [0.15, 0.2) is 17.2 Å². The molecule has 2 heterocycles. The highest BCUT2D eigenvalue weighted by atomic mass is 32.1. The number of unbranched alkanes of at least 4 members (excludes halogenated alkanes) is 2. The third-order valence-corrected chi connectivity index (χ3v) is 6.20. The molecule has 0 unspecified atom stereocenters. The number of nitrogens with one attached hydrogen (secondary N) is 2. The molecular weight excluding hydrogens is 497 g/mol. The van der Waals surface area contributed by atoms with Crippen LogP contribution in [0.4, 0.5) is 18.9 Å². The third kappa shape index (κ3) is 8.00. The molecule has 0 aliphatic carbocycles. The molecule has 0 radical (unpaired) electrons. The number of halogens is 3. The van der Waals surface area contributed by atoms with Gasteiger partial charge in [0.2, 0.25) is 0 Å². The van der Waals surface area contributed by atoms with E-state index in [1.54, 1.807) is 0 Å². The number of hydrogen-bond acceptors (Lipinski definition) is 6. The Hall–Kier alpha value is -1.50. The summed E-state index contributed by atoms with van der Waals surface area (Å²) in [7, 11) is 0. The molecule has 0 aromatic heterocycles. The van der Waals surface area contributed by atoms with Gasteiger partial charge in [-0.15, -0.1) is 0 Å². The summed E-state index contributed by atoms with van der Waals surface area (Å²) < 4.78 is 69.0. The minimum atomic E-state index is -4.40. The van der Waals surface area contributed by atoms with Gasteiger partial charge in [0.05, 0.1) is 18.2 Å². The van der Waals surface area contributed by atoms with Crippen molar-refractivity contribution in [1.82, 2.24) is 5.32 Å². The summed E-state index contributed by atoms with van der Waals surface area (Å²) in [6.45, 7) is 9.32.